The van der Waals surface area contributed by atoms with Crippen LogP contribution in [-0.4, -0.2) is 21.5 Å². The number of nitro groups is 1. The van der Waals surface area contributed by atoms with E-state index in [4.69, 9.17) is 16.3 Å². The second kappa shape index (κ2) is 6.02. The standard InChI is InChI=1S/C9H10ClN3O3/c1-2-3-4-5-16-9-7(13(14)15)8(10)11-6-12-9/h2,6H,1,3-5H2. The molecule has 1 aromatic heterocycles. The van der Waals surface area contributed by atoms with Crippen LogP contribution in [0.3, 0.4) is 0 Å². The number of hydrogen-bond acceptors (Lipinski definition) is 5. The molecule has 0 bridgehead atoms. The lowest BCUT2D eigenvalue weighted by molar-refractivity contribution is -0.386. The maximum absolute atomic E-state index is 10.7. The van der Waals surface area contributed by atoms with Crippen LogP contribution in [0.25, 0.3) is 0 Å². The van der Waals surface area contributed by atoms with E-state index in [9.17, 15) is 10.1 Å². The number of hydrogen-bond donors (Lipinski definition) is 0. The summed E-state index contributed by atoms with van der Waals surface area (Å²) >= 11 is 5.58. The van der Waals surface area contributed by atoms with Gasteiger partial charge in [0.1, 0.15) is 6.33 Å². The smallest absolute Gasteiger partial charge is 0.367 e. The third-order valence-electron chi connectivity index (χ3n) is 1.72. The second-order valence-electron chi connectivity index (χ2n) is 2.85. The van der Waals surface area contributed by atoms with Crippen molar-refractivity contribution < 1.29 is 9.66 Å². The molecule has 86 valence electrons. The number of rotatable bonds is 6. The molecule has 0 saturated heterocycles. The van der Waals surface area contributed by atoms with Crippen LogP contribution in [-0.2, 0) is 0 Å². The Kier molecular flexibility index (Phi) is 4.65. The SMILES string of the molecule is C=CCCCOc1ncnc(Cl)c1[N+](=O)[O-]. The van der Waals surface area contributed by atoms with Gasteiger partial charge in [-0.05, 0) is 12.8 Å². The van der Waals surface area contributed by atoms with Gasteiger partial charge in [-0.25, -0.2) is 4.98 Å². The van der Waals surface area contributed by atoms with E-state index in [1.165, 1.54) is 0 Å². The monoisotopic (exact) mass is 243 g/mol. The predicted octanol–water partition coefficient (Wildman–Crippen LogP) is 2.38. The van der Waals surface area contributed by atoms with Gasteiger partial charge in [0, 0.05) is 0 Å². The van der Waals surface area contributed by atoms with Gasteiger partial charge in [0.25, 0.3) is 5.88 Å². The first kappa shape index (κ1) is 12.4. The fourth-order valence-electron chi connectivity index (χ4n) is 0.998. The van der Waals surface area contributed by atoms with Crippen molar-refractivity contribution in [1.82, 2.24) is 9.97 Å². The molecule has 0 saturated carbocycles. The van der Waals surface area contributed by atoms with Crippen molar-refractivity contribution in [3.8, 4) is 5.88 Å². The molecule has 1 aromatic rings. The van der Waals surface area contributed by atoms with E-state index in [0.717, 1.165) is 12.7 Å². The van der Waals surface area contributed by atoms with E-state index < -0.39 is 10.6 Å². The molecule has 0 aliphatic rings. The molecule has 7 heteroatoms. The molecule has 0 aliphatic heterocycles. The first-order valence-electron chi connectivity index (χ1n) is 4.55. The van der Waals surface area contributed by atoms with E-state index in [1.54, 1.807) is 6.08 Å². The van der Waals surface area contributed by atoms with Crippen molar-refractivity contribution in [3.05, 3.63) is 34.2 Å². The lowest BCUT2D eigenvalue weighted by Gasteiger charge is -2.04. The summed E-state index contributed by atoms with van der Waals surface area (Å²) in [5.74, 6) is -0.103. The summed E-state index contributed by atoms with van der Waals surface area (Å²) in [6.45, 7) is 3.87. The minimum atomic E-state index is -0.662. The van der Waals surface area contributed by atoms with Crippen LogP contribution < -0.4 is 4.74 Å². The van der Waals surface area contributed by atoms with Gasteiger partial charge in [0.05, 0.1) is 11.5 Å². The minimum Gasteiger partial charge on any atom is -0.473 e. The second-order valence-corrected chi connectivity index (χ2v) is 3.21. The highest BCUT2D eigenvalue weighted by Gasteiger charge is 2.22. The molecule has 6 nitrogen and oxygen atoms in total. The van der Waals surface area contributed by atoms with E-state index in [0.29, 0.717) is 13.0 Å². The molecule has 1 heterocycles. The van der Waals surface area contributed by atoms with E-state index in [-0.39, 0.29) is 11.0 Å². The van der Waals surface area contributed by atoms with Gasteiger partial charge < -0.3 is 4.74 Å². The molecular weight excluding hydrogens is 234 g/mol. The van der Waals surface area contributed by atoms with Gasteiger partial charge in [-0.15, -0.1) is 6.58 Å². The number of allylic oxidation sites excluding steroid dienone is 1. The van der Waals surface area contributed by atoms with E-state index in [2.05, 4.69) is 16.5 Å². The fraction of sp³-hybridized carbons (Fsp3) is 0.333. The Labute approximate surface area is 97.1 Å². The van der Waals surface area contributed by atoms with Crippen molar-refractivity contribution >= 4 is 17.3 Å². The number of halogens is 1. The number of ether oxygens (including phenoxy) is 1. The Morgan fingerprint density at radius 1 is 1.62 bits per heavy atom. The molecule has 1 rings (SSSR count). The van der Waals surface area contributed by atoms with Crippen LogP contribution in [0.1, 0.15) is 12.8 Å². The summed E-state index contributed by atoms with van der Waals surface area (Å²) < 4.78 is 5.16. The number of nitrogens with zero attached hydrogens (tertiary/aromatic N) is 3. The molecule has 0 amide bonds. The van der Waals surface area contributed by atoms with Crippen molar-refractivity contribution in [3.63, 3.8) is 0 Å². The Bertz CT molecular complexity index is 398. The summed E-state index contributed by atoms with van der Waals surface area (Å²) in [5, 5.41) is 10.5. The highest BCUT2D eigenvalue weighted by atomic mass is 35.5. The molecule has 0 spiro atoms. The zero-order valence-electron chi connectivity index (χ0n) is 8.43. The Morgan fingerprint density at radius 3 is 3.00 bits per heavy atom. The molecule has 0 aliphatic carbocycles. The Morgan fingerprint density at radius 2 is 2.38 bits per heavy atom. The topological polar surface area (TPSA) is 78.2 Å². The third-order valence-corrected chi connectivity index (χ3v) is 1.99. The fourth-order valence-corrected chi connectivity index (χ4v) is 1.19. The van der Waals surface area contributed by atoms with Gasteiger partial charge in [0.15, 0.2) is 0 Å². The quantitative estimate of drug-likeness (QED) is 0.252. The maximum atomic E-state index is 10.7. The normalized spacial score (nSPS) is 9.81. The summed E-state index contributed by atoms with van der Waals surface area (Å²) in [6.07, 6.45) is 4.35. The lowest BCUT2D eigenvalue weighted by Crippen LogP contribution is -2.03. The minimum absolute atomic E-state index is 0.103. The highest BCUT2D eigenvalue weighted by Crippen LogP contribution is 2.30. The average Bonchev–Trinajstić information content (AvgIpc) is 2.24. The summed E-state index contributed by atoms with van der Waals surface area (Å²) in [6, 6.07) is 0. The molecule has 16 heavy (non-hydrogen) atoms. The van der Waals surface area contributed by atoms with E-state index in [1.807, 2.05) is 0 Å². The van der Waals surface area contributed by atoms with Crippen LogP contribution in [0.5, 0.6) is 5.88 Å². The zero-order valence-corrected chi connectivity index (χ0v) is 9.18. The summed E-state index contributed by atoms with van der Waals surface area (Å²) in [7, 11) is 0. The summed E-state index contributed by atoms with van der Waals surface area (Å²) in [4.78, 5) is 17.2. The van der Waals surface area contributed by atoms with Gasteiger partial charge >= 0.3 is 5.69 Å². The molecule has 0 aromatic carbocycles. The largest absolute Gasteiger partial charge is 0.473 e. The first-order chi connectivity index (χ1) is 7.66. The predicted molar refractivity (Wildman–Crippen MR) is 58.6 cm³/mol. The molecule has 0 atom stereocenters. The van der Waals surface area contributed by atoms with Crippen LogP contribution in [0.2, 0.25) is 5.15 Å². The Balaban J connectivity index is 2.75. The first-order valence-corrected chi connectivity index (χ1v) is 4.93. The van der Waals surface area contributed by atoms with Gasteiger partial charge in [-0.2, -0.15) is 4.98 Å². The van der Waals surface area contributed by atoms with Crippen LogP contribution in [0.4, 0.5) is 5.69 Å². The van der Waals surface area contributed by atoms with Gasteiger partial charge in [-0.1, -0.05) is 17.7 Å². The molecule has 0 N–H and O–H groups in total. The average molecular weight is 244 g/mol. The van der Waals surface area contributed by atoms with Crippen molar-refractivity contribution in [2.75, 3.05) is 6.61 Å². The van der Waals surface area contributed by atoms with Crippen LogP contribution in [0, 0.1) is 10.1 Å². The molecule has 0 fully saturated rings. The summed E-state index contributed by atoms with van der Waals surface area (Å²) in [5.41, 5.74) is -0.400. The number of aromatic nitrogens is 2. The van der Waals surface area contributed by atoms with Crippen LogP contribution >= 0.6 is 11.6 Å². The van der Waals surface area contributed by atoms with Crippen molar-refractivity contribution in [1.29, 1.82) is 0 Å². The lowest BCUT2D eigenvalue weighted by atomic mass is 10.3. The van der Waals surface area contributed by atoms with Crippen molar-refractivity contribution in [2.24, 2.45) is 0 Å². The van der Waals surface area contributed by atoms with Crippen molar-refractivity contribution in [2.45, 2.75) is 12.8 Å². The molecule has 0 radical (unpaired) electrons. The van der Waals surface area contributed by atoms with Gasteiger partial charge in [-0.3, -0.25) is 10.1 Å². The highest BCUT2D eigenvalue weighted by molar-refractivity contribution is 6.31. The van der Waals surface area contributed by atoms with E-state index >= 15 is 0 Å². The van der Waals surface area contributed by atoms with Crippen LogP contribution in [0.15, 0.2) is 19.0 Å². The molecule has 0 unspecified atom stereocenters. The molecular formula is C9H10ClN3O3. The maximum Gasteiger partial charge on any atom is 0.367 e. The van der Waals surface area contributed by atoms with Gasteiger partial charge in [0.2, 0.25) is 5.15 Å². The third kappa shape index (κ3) is 3.16. The zero-order chi connectivity index (χ0) is 12.0. The Hall–Kier alpha value is -1.69. The number of unbranched alkanes of at least 4 members (excludes halogenated alkanes) is 1.